The molecule has 32 heteroatoms. The van der Waals surface area contributed by atoms with Crippen LogP contribution in [0.4, 0.5) is 0 Å². The number of aromatic hydroxyl groups is 1. The Bertz CT molecular complexity index is 2970. The number of hydrogen-bond donors (Lipinski definition) is 16. The van der Waals surface area contributed by atoms with Gasteiger partial charge in [0.1, 0.15) is 72.2 Å². The second kappa shape index (κ2) is 35.9. The van der Waals surface area contributed by atoms with Crippen LogP contribution in [0.5, 0.6) is 5.75 Å². The van der Waals surface area contributed by atoms with Crippen LogP contribution in [0.1, 0.15) is 104 Å². The maximum atomic E-state index is 14.5. The number of carbonyl (C=O) groups is 14. The molecule has 13 amide bonds. The molecular formula is C60H88N14O18. The second-order valence-corrected chi connectivity index (χ2v) is 23.4. The standard InChI is InChI=1S/C60H88N14O18/c1-7-31(4)49(58(89)65-32(5)60(91)92)72-56(87)43-15-11-21-73(43)47(80)28-64-50(81)40(26-45(61)78)69-55(86)44-16-12-22-74(44)59(90)42(29-75)71-53(84)38(24-34-13-9-8-10-14-34)67-51(82)37(23-30(2)3)66-52(83)39(25-35-17-19-36(77)20-18-35)68-54(85)41(27-46(62)79)70-57(88)48(63)33(6)76/h8-10,13-14,17-20,30-33,37-44,48-49,75-77H,7,11-12,15-16,21-29,63H2,1-6H3,(H2,61,78)(H2,62,79)(H,64,81)(H,65,89)(H,66,83)(H,67,82)(H,68,85)(H,69,86)(H,70,88)(H,71,84)(H,72,87)(H,91,92)/t31-,32-,33+,37-,38-,39-,40-,41-,42-,43-,44-,48-,49-/m0/s1. The van der Waals surface area contributed by atoms with Crippen LogP contribution in [0.15, 0.2) is 54.6 Å². The summed E-state index contributed by atoms with van der Waals surface area (Å²) in [5.41, 5.74) is 17.5. The molecular weight excluding hydrogens is 1200 g/mol. The Labute approximate surface area is 531 Å². The van der Waals surface area contributed by atoms with Crippen molar-refractivity contribution in [3.05, 3.63) is 65.7 Å². The first-order chi connectivity index (χ1) is 43.3. The average molecular weight is 1290 g/mol. The molecule has 0 bridgehead atoms. The van der Waals surface area contributed by atoms with Crippen LogP contribution in [0, 0.1) is 11.8 Å². The summed E-state index contributed by atoms with van der Waals surface area (Å²) in [6.07, 6.45) is -2.27. The molecule has 0 aromatic heterocycles. The van der Waals surface area contributed by atoms with Crippen molar-refractivity contribution >= 4 is 82.8 Å². The highest BCUT2D eigenvalue weighted by atomic mass is 16.4. The molecule has 0 aliphatic carbocycles. The fourth-order valence-corrected chi connectivity index (χ4v) is 10.2. The number of likely N-dealkylation sites (tertiary alicyclic amines) is 2. The van der Waals surface area contributed by atoms with Gasteiger partial charge in [0, 0.05) is 25.9 Å². The maximum absolute atomic E-state index is 14.5. The Kier molecular flexibility index (Phi) is 29.3. The van der Waals surface area contributed by atoms with Crippen LogP contribution in [0.25, 0.3) is 0 Å². The number of phenols is 1. The number of benzene rings is 2. The minimum absolute atomic E-state index is 0.00192. The Balaban J connectivity index is 1.51. The van der Waals surface area contributed by atoms with Gasteiger partial charge < -0.3 is 95.3 Å². The van der Waals surface area contributed by atoms with E-state index in [1.165, 1.54) is 43.0 Å². The number of hydrogen-bond acceptors (Lipinski definition) is 18. The summed E-state index contributed by atoms with van der Waals surface area (Å²) in [5.74, 6) is -14.4. The molecule has 2 aromatic carbocycles. The van der Waals surface area contributed by atoms with Crippen LogP contribution in [-0.4, -0.2) is 212 Å². The number of amides is 13. The monoisotopic (exact) mass is 1290 g/mol. The third-order valence-electron chi connectivity index (χ3n) is 15.6. The Hall–Kier alpha value is -9.30. The van der Waals surface area contributed by atoms with Gasteiger partial charge in [-0.15, -0.1) is 0 Å². The van der Waals surface area contributed by atoms with Crippen molar-refractivity contribution in [1.82, 2.24) is 57.7 Å². The minimum Gasteiger partial charge on any atom is -0.508 e. The summed E-state index contributed by atoms with van der Waals surface area (Å²) in [4.78, 5) is 190. The molecule has 2 saturated heterocycles. The highest BCUT2D eigenvalue weighted by molar-refractivity contribution is 6.00. The van der Waals surface area contributed by atoms with Gasteiger partial charge in [0.2, 0.25) is 76.8 Å². The molecule has 13 atom stereocenters. The van der Waals surface area contributed by atoms with Gasteiger partial charge in [-0.3, -0.25) is 67.1 Å². The number of carboxylic acid groups (broad SMARTS) is 1. The molecule has 19 N–H and O–H groups in total. The number of carbonyl (C=O) groups excluding carboxylic acids is 13. The molecule has 0 radical (unpaired) electrons. The highest BCUT2D eigenvalue weighted by Gasteiger charge is 2.42. The Morgan fingerprint density at radius 3 is 1.54 bits per heavy atom. The van der Waals surface area contributed by atoms with Gasteiger partial charge >= 0.3 is 5.97 Å². The van der Waals surface area contributed by atoms with Crippen molar-refractivity contribution in [1.29, 1.82) is 0 Å². The lowest BCUT2D eigenvalue weighted by Crippen LogP contribution is -2.61. The van der Waals surface area contributed by atoms with Gasteiger partial charge in [0.05, 0.1) is 32.1 Å². The first-order valence-corrected chi connectivity index (χ1v) is 30.3. The molecule has 506 valence electrons. The predicted octanol–water partition coefficient (Wildman–Crippen LogP) is -5.20. The molecule has 2 fully saturated rings. The number of nitrogens with two attached hydrogens (primary N) is 3. The second-order valence-electron chi connectivity index (χ2n) is 23.4. The van der Waals surface area contributed by atoms with E-state index in [0.717, 1.165) is 4.90 Å². The van der Waals surface area contributed by atoms with Crippen LogP contribution in [0.3, 0.4) is 0 Å². The van der Waals surface area contributed by atoms with Crippen LogP contribution in [-0.2, 0) is 80.0 Å². The van der Waals surface area contributed by atoms with Gasteiger partial charge in [-0.25, -0.2) is 0 Å². The number of primary amides is 2. The van der Waals surface area contributed by atoms with E-state index in [1.807, 2.05) is 0 Å². The van der Waals surface area contributed by atoms with E-state index in [-0.39, 0.29) is 63.3 Å². The molecule has 4 rings (SSSR count). The number of rotatable bonds is 35. The number of aliphatic hydroxyl groups excluding tert-OH is 2. The van der Waals surface area contributed by atoms with Gasteiger partial charge in [0.15, 0.2) is 0 Å². The maximum Gasteiger partial charge on any atom is 0.325 e. The number of aliphatic carboxylic acids is 1. The molecule has 2 aliphatic heterocycles. The Morgan fingerprint density at radius 1 is 0.565 bits per heavy atom. The van der Waals surface area contributed by atoms with E-state index in [0.29, 0.717) is 24.0 Å². The number of nitrogens with one attached hydrogen (secondary N) is 9. The zero-order valence-corrected chi connectivity index (χ0v) is 52.3. The molecule has 2 aliphatic rings. The molecule has 0 saturated carbocycles. The molecule has 0 unspecified atom stereocenters. The van der Waals surface area contributed by atoms with E-state index < -0.39 is 187 Å². The average Bonchev–Trinajstić information content (AvgIpc) is 1.62. The topological polar surface area (TPSA) is 513 Å². The van der Waals surface area contributed by atoms with E-state index >= 15 is 0 Å². The number of carboxylic acids is 1. The smallest absolute Gasteiger partial charge is 0.325 e. The minimum atomic E-state index is -1.75. The third-order valence-corrected chi connectivity index (χ3v) is 15.6. The zero-order valence-electron chi connectivity index (χ0n) is 52.3. The fraction of sp³-hybridized carbons (Fsp3) is 0.567. The molecule has 0 spiro atoms. The SMILES string of the molecule is CC[C@H](C)[C@H](NC(=O)[C@@H]1CCCN1C(=O)CNC(=O)[C@H](CC(N)=O)NC(=O)[C@@H]1CCCN1C(=O)[C@H](CO)NC(=O)[C@H](Cc1ccccc1)NC(=O)[C@H](CC(C)C)NC(=O)[C@H](Cc1ccc(O)cc1)NC(=O)[C@H](CC(N)=O)NC(=O)[C@@H](N)[C@@H](C)O)C(=O)N[C@@H](C)C(=O)O. The Morgan fingerprint density at radius 2 is 1.03 bits per heavy atom. The quantitative estimate of drug-likeness (QED) is 0.0307. The summed E-state index contributed by atoms with van der Waals surface area (Å²) in [6, 6.07) is -2.22. The van der Waals surface area contributed by atoms with E-state index in [9.17, 15) is 87.5 Å². The van der Waals surface area contributed by atoms with Crippen LogP contribution < -0.4 is 65.1 Å². The van der Waals surface area contributed by atoms with E-state index in [1.54, 1.807) is 58.0 Å². The summed E-state index contributed by atoms with van der Waals surface area (Å²) < 4.78 is 0. The van der Waals surface area contributed by atoms with Crippen molar-refractivity contribution in [2.45, 2.75) is 178 Å². The lowest BCUT2D eigenvalue weighted by atomic mass is 9.97. The first kappa shape index (κ1) is 75.2. The van der Waals surface area contributed by atoms with Crippen molar-refractivity contribution < 1.29 is 87.5 Å². The van der Waals surface area contributed by atoms with Crippen molar-refractivity contribution in [2.24, 2.45) is 29.0 Å². The van der Waals surface area contributed by atoms with Gasteiger partial charge in [0.25, 0.3) is 0 Å². The van der Waals surface area contributed by atoms with E-state index in [4.69, 9.17) is 17.2 Å². The summed E-state index contributed by atoms with van der Waals surface area (Å²) in [7, 11) is 0. The zero-order chi connectivity index (χ0) is 68.7. The summed E-state index contributed by atoms with van der Waals surface area (Å²) in [5, 5.41) is 62.0. The molecule has 2 aromatic rings. The molecule has 92 heavy (non-hydrogen) atoms. The first-order valence-electron chi connectivity index (χ1n) is 30.3. The van der Waals surface area contributed by atoms with Crippen LogP contribution in [0.2, 0.25) is 0 Å². The fourth-order valence-electron chi connectivity index (χ4n) is 10.2. The lowest BCUT2D eigenvalue weighted by Gasteiger charge is -2.30. The van der Waals surface area contributed by atoms with Crippen molar-refractivity contribution in [3.8, 4) is 5.75 Å². The third kappa shape index (κ3) is 22.9. The van der Waals surface area contributed by atoms with Gasteiger partial charge in [-0.1, -0.05) is 76.6 Å². The predicted molar refractivity (Wildman–Crippen MR) is 326 cm³/mol. The summed E-state index contributed by atoms with van der Waals surface area (Å²) in [6.45, 7) is 7.62. The normalized spacial score (nSPS) is 18.1. The van der Waals surface area contributed by atoms with Gasteiger partial charge in [-0.2, -0.15) is 0 Å². The van der Waals surface area contributed by atoms with Crippen molar-refractivity contribution in [2.75, 3.05) is 26.2 Å². The number of nitrogens with zero attached hydrogens (tertiary/aromatic N) is 2. The van der Waals surface area contributed by atoms with E-state index in [2.05, 4.69) is 47.9 Å². The van der Waals surface area contributed by atoms with Gasteiger partial charge in [-0.05, 0) is 81.0 Å². The highest BCUT2D eigenvalue weighted by Crippen LogP contribution is 2.22. The van der Waals surface area contributed by atoms with Crippen molar-refractivity contribution in [3.63, 3.8) is 0 Å². The number of aliphatic hydroxyl groups is 2. The summed E-state index contributed by atoms with van der Waals surface area (Å²) >= 11 is 0. The number of phenolic OH excluding ortho intramolecular Hbond substituents is 1. The molecule has 2 heterocycles. The molecule has 32 nitrogen and oxygen atoms in total. The van der Waals surface area contributed by atoms with Crippen LogP contribution >= 0.6 is 0 Å². The largest absolute Gasteiger partial charge is 0.508 e. The lowest BCUT2D eigenvalue weighted by molar-refractivity contribution is -0.143.